The van der Waals surface area contributed by atoms with Crippen molar-refractivity contribution >= 4 is 10.0 Å². The van der Waals surface area contributed by atoms with E-state index in [1.807, 2.05) is 6.07 Å². The van der Waals surface area contributed by atoms with Gasteiger partial charge in [-0.25, -0.2) is 13.1 Å². The monoisotopic (exact) mass is 470 g/mol. The van der Waals surface area contributed by atoms with E-state index < -0.39 is 10.0 Å². The molecule has 180 valence electrons. The van der Waals surface area contributed by atoms with E-state index in [4.69, 9.17) is 4.74 Å². The van der Waals surface area contributed by atoms with Crippen molar-refractivity contribution in [2.45, 2.75) is 63.6 Å². The molecule has 2 aliphatic rings. The number of nitrogens with one attached hydrogen (secondary N) is 1. The molecule has 2 aromatic rings. The summed E-state index contributed by atoms with van der Waals surface area (Å²) >= 11 is 0. The predicted octanol–water partition coefficient (Wildman–Crippen LogP) is 4.56. The Morgan fingerprint density at radius 1 is 0.970 bits per heavy atom. The molecule has 1 saturated heterocycles. The molecule has 1 heterocycles. The number of ether oxygens (including phenoxy) is 1. The van der Waals surface area contributed by atoms with Crippen LogP contribution in [-0.2, 0) is 21.3 Å². The van der Waals surface area contributed by atoms with Crippen molar-refractivity contribution in [2.24, 2.45) is 5.41 Å². The molecule has 2 atom stereocenters. The summed E-state index contributed by atoms with van der Waals surface area (Å²) in [6.07, 6.45) is 6.73. The number of piperidine rings is 1. The number of rotatable bonds is 8. The zero-order chi connectivity index (χ0) is 23.3. The van der Waals surface area contributed by atoms with E-state index in [0.717, 1.165) is 51.7 Å². The number of hydrogen-bond donors (Lipinski definition) is 1. The molecule has 2 fully saturated rings. The Balaban J connectivity index is 1.37. The van der Waals surface area contributed by atoms with Gasteiger partial charge in [0.2, 0.25) is 10.0 Å². The molecule has 0 spiro atoms. The van der Waals surface area contributed by atoms with E-state index >= 15 is 0 Å². The third-order valence-electron chi connectivity index (χ3n) is 7.36. The Bertz CT molecular complexity index is 975. The quantitative estimate of drug-likeness (QED) is 0.615. The molecular weight excluding hydrogens is 432 g/mol. The highest BCUT2D eigenvalue weighted by molar-refractivity contribution is 7.88. The maximum Gasteiger partial charge on any atom is 0.208 e. The first-order valence-corrected chi connectivity index (χ1v) is 14.1. The van der Waals surface area contributed by atoms with Crippen molar-refractivity contribution < 1.29 is 13.2 Å². The number of likely N-dealkylation sites (tertiary alicyclic amines) is 1. The van der Waals surface area contributed by atoms with Crippen molar-refractivity contribution in [1.82, 2.24) is 9.62 Å². The van der Waals surface area contributed by atoms with Crippen LogP contribution in [0.1, 0.15) is 56.1 Å². The lowest BCUT2D eigenvalue weighted by molar-refractivity contribution is -0.0584. The average Bonchev–Trinajstić information content (AvgIpc) is 2.81. The minimum atomic E-state index is -3.28. The van der Waals surface area contributed by atoms with E-state index in [0.29, 0.717) is 12.5 Å². The number of benzene rings is 2. The summed E-state index contributed by atoms with van der Waals surface area (Å²) in [5.41, 5.74) is 2.45. The Labute approximate surface area is 199 Å². The van der Waals surface area contributed by atoms with Crippen LogP contribution in [0, 0.1) is 5.41 Å². The van der Waals surface area contributed by atoms with Crippen LogP contribution in [0.25, 0.3) is 0 Å². The fraction of sp³-hybridized carbons (Fsp3) is 0.556. The van der Waals surface area contributed by atoms with Crippen LogP contribution in [0.2, 0.25) is 0 Å². The normalized spacial score (nSPS) is 29.1. The SMILES string of the molecule is C[C@@]1(COC2CCC(c3ccccc3)CC2)CN(Cc2ccccc2)CCC1NS(C)(=O)=O. The minimum absolute atomic E-state index is 0.111. The lowest BCUT2D eigenvalue weighted by Crippen LogP contribution is -2.58. The summed E-state index contributed by atoms with van der Waals surface area (Å²) in [5, 5.41) is 0. The van der Waals surface area contributed by atoms with Crippen LogP contribution in [0.15, 0.2) is 60.7 Å². The van der Waals surface area contributed by atoms with Crippen LogP contribution in [0.4, 0.5) is 0 Å². The molecule has 4 rings (SSSR count). The molecule has 1 aliphatic heterocycles. The lowest BCUT2D eigenvalue weighted by Gasteiger charge is -2.47. The van der Waals surface area contributed by atoms with Crippen molar-refractivity contribution in [3.8, 4) is 0 Å². The van der Waals surface area contributed by atoms with Gasteiger partial charge in [-0.1, -0.05) is 67.6 Å². The zero-order valence-electron chi connectivity index (χ0n) is 19.9. The Morgan fingerprint density at radius 3 is 2.24 bits per heavy atom. The molecule has 1 N–H and O–H groups in total. The second-order valence-corrected chi connectivity index (χ2v) is 12.1. The fourth-order valence-corrected chi connectivity index (χ4v) is 6.46. The first kappa shape index (κ1) is 24.4. The molecule has 1 unspecified atom stereocenters. The van der Waals surface area contributed by atoms with E-state index in [1.165, 1.54) is 17.4 Å². The first-order valence-electron chi connectivity index (χ1n) is 12.2. The minimum Gasteiger partial charge on any atom is -0.378 e. The number of nitrogens with zero attached hydrogens (tertiary/aromatic N) is 1. The molecule has 0 radical (unpaired) electrons. The molecule has 2 aromatic carbocycles. The van der Waals surface area contributed by atoms with Crippen LogP contribution in [0.5, 0.6) is 0 Å². The summed E-state index contributed by atoms with van der Waals surface area (Å²) in [5.74, 6) is 0.623. The molecule has 1 aliphatic carbocycles. The van der Waals surface area contributed by atoms with Crippen molar-refractivity contribution in [3.63, 3.8) is 0 Å². The largest absolute Gasteiger partial charge is 0.378 e. The topological polar surface area (TPSA) is 58.6 Å². The summed E-state index contributed by atoms with van der Waals surface area (Å²) in [6, 6.07) is 21.2. The third kappa shape index (κ3) is 6.89. The Morgan fingerprint density at radius 2 is 1.61 bits per heavy atom. The van der Waals surface area contributed by atoms with Gasteiger partial charge in [-0.15, -0.1) is 0 Å². The molecule has 0 amide bonds. The number of sulfonamides is 1. The average molecular weight is 471 g/mol. The summed E-state index contributed by atoms with van der Waals surface area (Å²) < 4.78 is 33.5. The molecular formula is C27H38N2O3S. The van der Waals surface area contributed by atoms with Crippen molar-refractivity contribution in [1.29, 1.82) is 0 Å². The van der Waals surface area contributed by atoms with E-state index in [2.05, 4.69) is 71.1 Å². The molecule has 33 heavy (non-hydrogen) atoms. The molecule has 1 saturated carbocycles. The number of hydrogen-bond acceptors (Lipinski definition) is 4. The molecule has 0 bridgehead atoms. The molecule has 5 nitrogen and oxygen atoms in total. The summed E-state index contributed by atoms with van der Waals surface area (Å²) in [6.45, 7) is 5.33. The summed E-state index contributed by atoms with van der Waals surface area (Å²) in [7, 11) is -3.28. The van der Waals surface area contributed by atoms with Crippen LogP contribution in [-0.4, -0.2) is 51.4 Å². The van der Waals surface area contributed by atoms with Crippen LogP contribution in [0.3, 0.4) is 0 Å². The van der Waals surface area contributed by atoms with Gasteiger partial charge in [-0.3, -0.25) is 4.90 Å². The Kier molecular flexibility index (Phi) is 7.90. The van der Waals surface area contributed by atoms with Gasteiger partial charge in [-0.2, -0.15) is 0 Å². The zero-order valence-corrected chi connectivity index (χ0v) is 20.8. The second kappa shape index (κ2) is 10.7. The second-order valence-electron chi connectivity index (χ2n) is 10.3. The van der Waals surface area contributed by atoms with E-state index in [-0.39, 0.29) is 17.6 Å². The predicted molar refractivity (Wildman–Crippen MR) is 134 cm³/mol. The third-order valence-corrected chi connectivity index (χ3v) is 8.07. The maximum atomic E-state index is 12.1. The smallest absolute Gasteiger partial charge is 0.208 e. The van der Waals surface area contributed by atoms with Gasteiger partial charge in [-0.05, 0) is 49.1 Å². The summed E-state index contributed by atoms with van der Waals surface area (Å²) in [4.78, 5) is 2.44. The van der Waals surface area contributed by atoms with Crippen molar-refractivity contribution in [3.05, 3.63) is 71.8 Å². The maximum absolute atomic E-state index is 12.1. The first-order chi connectivity index (χ1) is 15.8. The standard InChI is InChI=1S/C27H38N2O3S/c1-27(21-32-25-15-13-24(14-16-25)23-11-7-4-8-12-23)20-29(19-22-9-5-3-6-10-22)18-17-26(27)28-33(2,30)31/h3-12,24-26,28H,13-21H2,1-2H3/t24?,25?,26?,27-/m0/s1. The highest BCUT2D eigenvalue weighted by atomic mass is 32.2. The van der Waals surface area contributed by atoms with Gasteiger partial charge < -0.3 is 4.74 Å². The van der Waals surface area contributed by atoms with Crippen LogP contribution < -0.4 is 4.72 Å². The van der Waals surface area contributed by atoms with Crippen molar-refractivity contribution in [2.75, 3.05) is 26.0 Å². The van der Waals surface area contributed by atoms with E-state index in [9.17, 15) is 8.42 Å². The highest BCUT2D eigenvalue weighted by Gasteiger charge is 2.42. The van der Waals surface area contributed by atoms with Gasteiger partial charge >= 0.3 is 0 Å². The van der Waals surface area contributed by atoms with Gasteiger partial charge in [0.25, 0.3) is 0 Å². The fourth-order valence-electron chi connectivity index (χ4n) is 5.54. The van der Waals surface area contributed by atoms with E-state index in [1.54, 1.807) is 0 Å². The molecule has 0 aromatic heterocycles. The molecule has 6 heteroatoms. The van der Waals surface area contributed by atoms with Gasteiger partial charge in [0, 0.05) is 31.1 Å². The van der Waals surface area contributed by atoms with Gasteiger partial charge in [0.15, 0.2) is 0 Å². The van der Waals surface area contributed by atoms with Crippen LogP contribution >= 0.6 is 0 Å². The lowest BCUT2D eigenvalue weighted by atomic mass is 9.78. The Hall–Kier alpha value is -1.73. The van der Waals surface area contributed by atoms with Gasteiger partial charge in [0.05, 0.1) is 19.0 Å². The van der Waals surface area contributed by atoms with Gasteiger partial charge in [0.1, 0.15) is 0 Å². The highest BCUT2D eigenvalue weighted by Crippen LogP contribution is 2.36.